The quantitative estimate of drug-likeness (QED) is 0.842. The molecule has 0 aliphatic heterocycles. The van der Waals surface area contributed by atoms with E-state index in [9.17, 15) is 0 Å². The summed E-state index contributed by atoms with van der Waals surface area (Å²) in [6.45, 7) is 3.03. The molecule has 4 nitrogen and oxygen atoms in total. The molecule has 1 heterocycles. The van der Waals surface area contributed by atoms with Gasteiger partial charge in [0, 0.05) is 25.5 Å². The van der Waals surface area contributed by atoms with Crippen LogP contribution < -0.4 is 10.1 Å². The summed E-state index contributed by atoms with van der Waals surface area (Å²) in [6.07, 6.45) is 5.98. The number of hydrogen-bond acceptors (Lipinski definition) is 3. The monoisotopic (exact) mass is 273 g/mol. The zero-order valence-corrected chi connectivity index (χ0v) is 12.5. The first-order chi connectivity index (χ1) is 9.69. The van der Waals surface area contributed by atoms with E-state index in [-0.39, 0.29) is 0 Å². The van der Waals surface area contributed by atoms with Gasteiger partial charge in [-0.25, -0.2) is 4.98 Å². The van der Waals surface area contributed by atoms with Crippen molar-refractivity contribution in [3.05, 3.63) is 48.0 Å². The number of aromatic nitrogens is 2. The number of aryl methyl sites for hydroxylation is 2. The highest BCUT2D eigenvalue weighted by Crippen LogP contribution is 2.13. The zero-order valence-electron chi connectivity index (χ0n) is 12.5. The standard InChI is InChI=1S/C16H23N3O/c1-13(18-12-16-17-10-11-19(16)2)4-5-14-6-8-15(20-3)9-7-14/h6-11,13,18H,4-5,12H2,1-3H3. The Morgan fingerprint density at radius 2 is 2.05 bits per heavy atom. The molecular formula is C16H23N3O. The summed E-state index contributed by atoms with van der Waals surface area (Å²) < 4.78 is 7.21. The van der Waals surface area contributed by atoms with Gasteiger partial charge in [-0.05, 0) is 37.5 Å². The number of methoxy groups -OCH3 is 1. The minimum atomic E-state index is 0.466. The summed E-state index contributed by atoms with van der Waals surface area (Å²) in [4.78, 5) is 4.31. The van der Waals surface area contributed by atoms with Gasteiger partial charge in [0.15, 0.2) is 0 Å². The van der Waals surface area contributed by atoms with Gasteiger partial charge in [0.2, 0.25) is 0 Å². The SMILES string of the molecule is COc1ccc(CCC(C)NCc2nccn2C)cc1. The van der Waals surface area contributed by atoms with Gasteiger partial charge in [0.1, 0.15) is 11.6 Å². The molecule has 0 spiro atoms. The third-order valence-electron chi connectivity index (χ3n) is 3.55. The normalized spacial score (nSPS) is 12.3. The first-order valence-corrected chi connectivity index (χ1v) is 7.01. The average molecular weight is 273 g/mol. The second-order valence-electron chi connectivity index (χ2n) is 5.12. The molecule has 2 aromatic rings. The summed E-state index contributed by atoms with van der Waals surface area (Å²) in [5, 5.41) is 3.51. The summed E-state index contributed by atoms with van der Waals surface area (Å²) >= 11 is 0. The highest BCUT2D eigenvalue weighted by Gasteiger charge is 2.05. The van der Waals surface area contributed by atoms with Crippen LogP contribution in [0.2, 0.25) is 0 Å². The Labute approximate surface area is 120 Å². The second kappa shape index (κ2) is 7.10. The van der Waals surface area contributed by atoms with Crippen LogP contribution in [0.3, 0.4) is 0 Å². The van der Waals surface area contributed by atoms with Crippen LogP contribution in [0.4, 0.5) is 0 Å². The molecule has 1 aromatic carbocycles. The Balaban J connectivity index is 1.74. The Bertz CT molecular complexity index is 519. The van der Waals surface area contributed by atoms with E-state index in [0.29, 0.717) is 6.04 Å². The van der Waals surface area contributed by atoms with Gasteiger partial charge in [0.05, 0.1) is 13.7 Å². The molecule has 0 amide bonds. The van der Waals surface area contributed by atoms with Gasteiger partial charge < -0.3 is 14.6 Å². The van der Waals surface area contributed by atoms with Gasteiger partial charge in [-0.3, -0.25) is 0 Å². The molecule has 1 aromatic heterocycles. The fourth-order valence-electron chi connectivity index (χ4n) is 2.11. The van der Waals surface area contributed by atoms with Gasteiger partial charge in [-0.1, -0.05) is 12.1 Å². The maximum absolute atomic E-state index is 5.16. The Hall–Kier alpha value is -1.81. The van der Waals surface area contributed by atoms with Crippen LogP contribution in [0.1, 0.15) is 24.7 Å². The van der Waals surface area contributed by atoms with Crippen LogP contribution in [-0.4, -0.2) is 22.7 Å². The predicted octanol–water partition coefficient (Wildman–Crippen LogP) is 2.54. The van der Waals surface area contributed by atoms with Crippen molar-refractivity contribution in [1.29, 1.82) is 0 Å². The van der Waals surface area contributed by atoms with Gasteiger partial charge in [-0.2, -0.15) is 0 Å². The number of imidazole rings is 1. The molecule has 0 bridgehead atoms. The van der Waals surface area contributed by atoms with Gasteiger partial charge in [-0.15, -0.1) is 0 Å². The Kier molecular flexibility index (Phi) is 5.18. The minimum absolute atomic E-state index is 0.466. The molecule has 20 heavy (non-hydrogen) atoms. The average Bonchev–Trinajstić information content (AvgIpc) is 2.89. The summed E-state index contributed by atoms with van der Waals surface area (Å²) in [7, 11) is 3.71. The van der Waals surface area contributed by atoms with Crippen LogP contribution in [0.15, 0.2) is 36.7 Å². The maximum atomic E-state index is 5.16. The number of rotatable bonds is 7. The Morgan fingerprint density at radius 1 is 1.30 bits per heavy atom. The molecule has 0 radical (unpaired) electrons. The lowest BCUT2D eigenvalue weighted by Crippen LogP contribution is -2.27. The lowest BCUT2D eigenvalue weighted by atomic mass is 10.1. The number of benzene rings is 1. The molecule has 2 rings (SSSR count). The number of nitrogens with one attached hydrogen (secondary N) is 1. The number of hydrogen-bond donors (Lipinski definition) is 1. The fraction of sp³-hybridized carbons (Fsp3) is 0.438. The van der Waals surface area contributed by atoms with Gasteiger partial charge >= 0.3 is 0 Å². The Morgan fingerprint density at radius 3 is 2.65 bits per heavy atom. The van der Waals surface area contributed by atoms with Crippen molar-refractivity contribution < 1.29 is 4.74 Å². The van der Waals surface area contributed by atoms with Crippen molar-refractivity contribution >= 4 is 0 Å². The highest BCUT2D eigenvalue weighted by atomic mass is 16.5. The third kappa shape index (κ3) is 4.10. The van der Waals surface area contributed by atoms with E-state index in [4.69, 9.17) is 4.74 Å². The van der Waals surface area contributed by atoms with Crippen molar-refractivity contribution in [3.8, 4) is 5.75 Å². The number of nitrogens with zero attached hydrogens (tertiary/aromatic N) is 2. The maximum Gasteiger partial charge on any atom is 0.122 e. The lowest BCUT2D eigenvalue weighted by molar-refractivity contribution is 0.414. The second-order valence-corrected chi connectivity index (χ2v) is 5.12. The van der Waals surface area contributed by atoms with E-state index < -0.39 is 0 Å². The summed E-state index contributed by atoms with van der Waals surface area (Å²) in [5.41, 5.74) is 1.34. The topological polar surface area (TPSA) is 39.1 Å². The molecule has 108 valence electrons. The third-order valence-corrected chi connectivity index (χ3v) is 3.55. The summed E-state index contributed by atoms with van der Waals surface area (Å²) in [6, 6.07) is 8.76. The first-order valence-electron chi connectivity index (χ1n) is 7.01. The molecule has 0 fully saturated rings. The van der Waals surface area contributed by atoms with Gasteiger partial charge in [0.25, 0.3) is 0 Å². The molecule has 1 N–H and O–H groups in total. The van der Waals surface area contributed by atoms with E-state index in [1.807, 2.05) is 36.1 Å². The van der Waals surface area contributed by atoms with Crippen LogP contribution in [0.5, 0.6) is 5.75 Å². The van der Waals surface area contributed by atoms with Crippen molar-refractivity contribution in [1.82, 2.24) is 14.9 Å². The molecule has 0 saturated carbocycles. The van der Waals surface area contributed by atoms with E-state index in [1.165, 1.54) is 5.56 Å². The van der Waals surface area contributed by atoms with Crippen LogP contribution in [0, 0.1) is 0 Å². The van der Waals surface area contributed by atoms with E-state index >= 15 is 0 Å². The largest absolute Gasteiger partial charge is 0.497 e. The smallest absolute Gasteiger partial charge is 0.122 e. The number of ether oxygens (including phenoxy) is 1. The van der Waals surface area contributed by atoms with Crippen molar-refractivity contribution in [2.24, 2.45) is 7.05 Å². The highest BCUT2D eigenvalue weighted by molar-refractivity contribution is 5.27. The van der Waals surface area contributed by atoms with Crippen LogP contribution in [-0.2, 0) is 20.0 Å². The molecule has 0 aliphatic rings. The van der Waals surface area contributed by atoms with Crippen molar-refractivity contribution in [2.75, 3.05) is 7.11 Å². The minimum Gasteiger partial charge on any atom is -0.497 e. The molecule has 0 aliphatic carbocycles. The molecular weight excluding hydrogens is 250 g/mol. The van der Waals surface area contributed by atoms with Crippen LogP contribution in [0.25, 0.3) is 0 Å². The molecule has 0 saturated heterocycles. The molecule has 1 unspecified atom stereocenters. The predicted molar refractivity (Wildman–Crippen MR) is 80.8 cm³/mol. The molecule has 4 heteroatoms. The molecule has 1 atom stereocenters. The fourth-order valence-corrected chi connectivity index (χ4v) is 2.11. The van der Waals surface area contributed by atoms with E-state index in [2.05, 4.69) is 29.4 Å². The lowest BCUT2D eigenvalue weighted by Gasteiger charge is -2.13. The van der Waals surface area contributed by atoms with Crippen molar-refractivity contribution in [2.45, 2.75) is 32.4 Å². The van der Waals surface area contributed by atoms with Crippen LogP contribution >= 0.6 is 0 Å². The first kappa shape index (κ1) is 14.6. The zero-order chi connectivity index (χ0) is 14.4. The van der Waals surface area contributed by atoms with E-state index in [1.54, 1.807) is 7.11 Å². The van der Waals surface area contributed by atoms with E-state index in [0.717, 1.165) is 31.0 Å². The summed E-state index contributed by atoms with van der Waals surface area (Å²) in [5.74, 6) is 1.98. The van der Waals surface area contributed by atoms with Crippen molar-refractivity contribution in [3.63, 3.8) is 0 Å².